The number of amides is 1. The predicted octanol–water partition coefficient (Wildman–Crippen LogP) is 4.43. The molecule has 3 rings (SSSR count). The highest BCUT2D eigenvalue weighted by molar-refractivity contribution is 6.49. The Balaban J connectivity index is 2.03. The maximum Gasteiger partial charge on any atom is 0.297 e. The molecule has 1 saturated heterocycles. The summed E-state index contributed by atoms with van der Waals surface area (Å²) in [4.78, 5) is 41.2. The van der Waals surface area contributed by atoms with Gasteiger partial charge < -0.3 is 4.74 Å². The van der Waals surface area contributed by atoms with E-state index in [-0.39, 0.29) is 24.2 Å². The number of carbonyl (C=O) groups excluding carboxylic acids is 3. The molecule has 35 heavy (non-hydrogen) atoms. The first-order chi connectivity index (χ1) is 16.5. The molecule has 8 heteroatoms. The second kappa shape index (κ2) is 10.7. The molecule has 1 aromatic carbocycles. The molecule has 1 aromatic heterocycles. The van der Waals surface area contributed by atoms with Crippen molar-refractivity contribution in [2.75, 3.05) is 4.90 Å². The normalized spacial score (nSPS) is 18.5. The van der Waals surface area contributed by atoms with Crippen molar-refractivity contribution < 1.29 is 19.1 Å². The van der Waals surface area contributed by atoms with E-state index in [1.54, 1.807) is 44.2 Å². The molecule has 1 aliphatic rings. The minimum absolute atomic E-state index is 0.0591. The minimum Gasteiger partial charge on any atom is -0.478 e. The van der Waals surface area contributed by atoms with Crippen LogP contribution in [0.1, 0.15) is 68.6 Å². The Labute approximate surface area is 205 Å². The fraction of sp³-hybridized carbons (Fsp3) is 0.407. The number of hydrogen-bond donors (Lipinski definition) is 1. The zero-order chi connectivity index (χ0) is 25.9. The average Bonchev–Trinajstić information content (AvgIpc) is 3.07. The van der Waals surface area contributed by atoms with Gasteiger partial charge in [0.05, 0.1) is 17.8 Å². The summed E-state index contributed by atoms with van der Waals surface area (Å²) in [6.07, 6.45) is 1.74. The third kappa shape index (κ3) is 5.70. The summed E-state index contributed by atoms with van der Waals surface area (Å²) in [5.74, 6) is -2.68. The van der Waals surface area contributed by atoms with Gasteiger partial charge in [-0.25, -0.2) is 0 Å². The van der Waals surface area contributed by atoms with Crippen molar-refractivity contribution in [2.24, 2.45) is 5.92 Å². The van der Waals surface area contributed by atoms with Crippen LogP contribution in [0.2, 0.25) is 0 Å². The Bertz CT molecular complexity index is 1150. The maximum absolute atomic E-state index is 13.6. The fourth-order valence-corrected chi connectivity index (χ4v) is 4.09. The molecule has 0 radical (unpaired) electrons. The lowest BCUT2D eigenvalue weighted by atomic mass is 9.85. The van der Waals surface area contributed by atoms with Crippen LogP contribution >= 0.6 is 0 Å². The van der Waals surface area contributed by atoms with Gasteiger partial charge in [-0.15, -0.1) is 5.10 Å². The van der Waals surface area contributed by atoms with E-state index >= 15 is 0 Å². The number of anilines is 1. The molecule has 0 spiro atoms. The van der Waals surface area contributed by atoms with Crippen molar-refractivity contribution >= 4 is 29.2 Å². The van der Waals surface area contributed by atoms with E-state index in [1.165, 1.54) is 4.90 Å². The monoisotopic (exact) mass is 476 g/mol. The van der Waals surface area contributed by atoms with Gasteiger partial charge >= 0.3 is 0 Å². The Hall–Kier alpha value is -3.68. The third-order valence-electron chi connectivity index (χ3n) is 5.93. The topological polar surface area (TPSA) is 113 Å². The van der Waals surface area contributed by atoms with Gasteiger partial charge in [0.25, 0.3) is 5.91 Å². The average molecular weight is 477 g/mol. The summed E-state index contributed by atoms with van der Waals surface area (Å²) in [6.45, 7) is 11.3. The summed E-state index contributed by atoms with van der Waals surface area (Å²) in [5.41, 5.74) is 2.70. The predicted molar refractivity (Wildman–Crippen MR) is 134 cm³/mol. The number of nitrogens with one attached hydrogen (secondary N) is 1. The highest BCUT2D eigenvalue weighted by Crippen LogP contribution is 2.34. The molecule has 0 saturated carbocycles. The minimum atomic E-state index is -1.23. The molecule has 2 atom stereocenters. The van der Waals surface area contributed by atoms with Crippen molar-refractivity contribution in [1.82, 2.24) is 10.2 Å². The van der Waals surface area contributed by atoms with Gasteiger partial charge in [-0.2, -0.15) is 5.10 Å². The summed E-state index contributed by atoms with van der Waals surface area (Å²) in [5, 5.41) is 16.2. The maximum atomic E-state index is 13.6. The van der Waals surface area contributed by atoms with Gasteiger partial charge in [-0.1, -0.05) is 49.8 Å². The van der Waals surface area contributed by atoms with Crippen LogP contribution in [0.3, 0.4) is 0 Å². The van der Waals surface area contributed by atoms with Gasteiger partial charge in [0, 0.05) is 12.0 Å². The highest BCUT2D eigenvalue weighted by atomic mass is 16.5. The molecule has 1 N–H and O–H groups in total. The lowest BCUT2D eigenvalue weighted by Crippen LogP contribution is -2.39. The number of aryl methyl sites for hydroxylation is 1. The van der Waals surface area contributed by atoms with Crippen molar-refractivity contribution in [1.29, 1.82) is 5.41 Å². The Morgan fingerprint density at radius 2 is 1.74 bits per heavy atom. The number of Topliss-reactive ketones (excluding diaryl/α,β-unsaturated/α-hetero) is 2. The number of carbonyl (C=O) groups is 3. The second-order valence-electron chi connectivity index (χ2n) is 9.38. The zero-order valence-corrected chi connectivity index (χ0v) is 21.0. The summed E-state index contributed by atoms with van der Waals surface area (Å²) >= 11 is 0. The summed E-state index contributed by atoms with van der Waals surface area (Å²) < 4.78 is 5.41. The number of ether oxygens (including phenoxy) is 1. The van der Waals surface area contributed by atoms with Gasteiger partial charge in [0.2, 0.25) is 5.78 Å². The number of ketones is 2. The molecular weight excluding hydrogens is 444 g/mol. The van der Waals surface area contributed by atoms with E-state index in [0.717, 1.165) is 5.56 Å². The van der Waals surface area contributed by atoms with Crippen LogP contribution < -0.4 is 4.90 Å². The molecule has 1 aliphatic heterocycles. The van der Waals surface area contributed by atoms with Crippen LogP contribution in [-0.2, 0) is 14.3 Å². The van der Waals surface area contributed by atoms with Crippen LogP contribution in [0.4, 0.5) is 5.82 Å². The lowest BCUT2D eigenvalue weighted by Gasteiger charge is -2.26. The van der Waals surface area contributed by atoms with Crippen LogP contribution in [0.15, 0.2) is 48.0 Å². The van der Waals surface area contributed by atoms with Crippen molar-refractivity contribution in [3.05, 3.63) is 64.9 Å². The van der Waals surface area contributed by atoms with E-state index in [2.05, 4.69) is 24.0 Å². The van der Waals surface area contributed by atoms with E-state index in [1.807, 2.05) is 26.0 Å². The van der Waals surface area contributed by atoms with Gasteiger partial charge in [-0.3, -0.25) is 24.7 Å². The van der Waals surface area contributed by atoms with E-state index in [9.17, 15) is 14.4 Å². The molecule has 0 bridgehead atoms. The smallest absolute Gasteiger partial charge is 0.297 e. The number of hydrogen-bond acceptors (Lipinski definition) is 7. The lowest BCUT2D eigenvalue weighted by molar-refractivity contribution is -0.135. The third-order valence-corrected chi connectivity index (χ3v) is 5.93. The van der Waals surface area contributed by atoms with Crippen molar-refractivity contribution in [3.63, 3.8) is 0 Å². The molecule has 1 fully saturated rings. The summed E-state index contributed by atoms with van der Waals surface area (Å²) in [7, 11) is 0. The standard InChI is InChI=1S/C27H32N4O4/c1-15(2)19-9-11-20(12-10-19)25(32)23-24(17(5)7-13-21(28)35-16(3)4)31(27(34)26(23)33)22-14-8-18(6)29-30-22/h7-12,14-16,23-24,28H,13H2,1-6H3. The van der Waals surface area contributed by atoms with E-state index in [4.69, 9.17) is 10.1 Å². The zero-order valence-electron chi connectivity index (χ0n) is 21.0. The van der Waals surface area contributed by atoms with Gasteiger partial charge in [0.1, 0.15) is 5.92 Å². The molecular formula is C27H32N4O4. The van der Waals surface area contributed by atoms with E-state index < -0.39 is 29.4 Å². The SMILES string of the molecule is CC(=CCC(=N)OC(C)C)C1C(C(=O)c2ccc(C(C)C)cc2)C(=O)C(=O)N1c1ccc(C)nn1. The highest BCUT2D eigenvalue weighted by Gasteiger charge is 2.52. The first-order valence-corrected chi connectivity index (χ1v) is 11.7. The van der Waals surface area contributed by atoms with Crippen LogP contribution in [0.5, 0.6) is 0 Å². The van der Waals surface area contributed by atoms with Crippen LogP contribution in [0, 0.1) is 18.3 Å². The molecule has 184 valence electrons. The summed E-state index contributed by atoms with van der Waals surface area (Å²) in [6, 6.07) is 9.56. The molecule has 2 aromatic rings. The second-order valence-corrected chi connectivity index (χ2v) is 9.38. The number of rotatable bonds is 8. The van der Waals surface area contributed by atoms with Crippen LogP contribution in [-0.4, -0.2) is 45.7 Å². The largest absolute Gasteiger partial charge is 0.478 e. The molecule has 2 heterocycles. The Morgan fingerprint density at radius 1 is 1.09 bits per heavy atom. The van der Waals surface area contributed by atoms with Gasteiger partial charge in [0.15, 0.2) is 17.5 Å². The van der Waals surface area contributed by atoms with Gasteiger partial charge in [-0.05, 0) is 51.3 Å². The molecule has 1 amide bonds. The molecule has 2 unspecified atom stereocenters. The van der Waals surface area contributed by atoms with Crippen molar-refractivity contribution in [3.8, 4) is 0 Å². The molecule has 0 aliphatic carbocycles. The van der Waals surface area contributed by atoms with Crippen LogP contribution in [0.25, 0.3) is 0 Å². The Kier molecular flexibility index (Phi) is 7.94. The molecule has 8 nitrogen and oxygen atoms in total. The quantitative estimate of drug-likeness (QED) is 0.151. The van der Waals surface area contributed by atoms with E-state index in [0.29, 0.717) is 22.7 Å². The Morgan fingerprint density at radius 3 is 2.29 bits per heavy atom. The number of benzene rings is 1. The fourth-order valence-electron chi connectivity index (χ4n) is 4.09. The van der Waals surface area contributed by atoms with Crippen molar-refractivity contribution in [2.45, 2.75) is 66.0 Å². The first kappa shape index (κ1) is 25.9. The number of aromatic nitrogens is 2. The number of nitrogens with zero attached hydrogens (tertiary/aromatic N) is 3. The first-order valence-electron chi connectivity index (χ1n) is 11.7.